The van der Waals surface area contributed by atoms with Crippen LogP contribution in [-0.4, -0.2) is 197 Å². The molecule has 0 saturated carbocycles. The molecule has 2 unspecified atom stereocenters. The maximum Gasteiger partial charge on any atom is 0.410 e. The van der Waals surface area contributed by atoms with Gasteiger partial charge in [0.25, 0.3) is 0 Å². The summed E-state index contributed by atoms with van der Waals surface area (Å²) in [5.74, 6) is -4.22. The fourth-order valence-corrected chi connectivity index (χ4v) is 14.5. The Labute approximate surface area is 576 Å². The highest BCUT2D eigenvalue weighted by molar-refractivity contribution is 8.02. The number of methoxy groups -OCH3 is 2. The monoisotopic (exact) mass is 1360 g/mol. The number of carbonyl (C=O) groups excluding carboxylic acids is 9. The summed E-state index contributed by atoms with van der Waals surface area (Å²) in [5, 5.41) is 24.7. The standard InChI is InChI=1S/C72H117N9O14S/c1-20-24-46(9)52-28-30-53(31-29-52)63(84)48(11)74-65(85)47(10)64(93-19)55-25-23-37-80(55)42-94-39-35-56(92-18)62(45(8)22-3)78(16)70(90)60(43(4)5)77-68(88)61(44(6)7)79(17)71(91)95-41-51-26-32-54(33-27-51)76-67(87)50(13)75-66(86)49(12)73-58(82)34-38-81-59(83)40-57(69(81)89)96-72(14,15)36-21-2/h26-33,43-50,55-57,60-64,84H,20-25,34-42H2,1-19H3,(H,73,82)(H,74,85)(H,75,86)(H,76,87)(H,77,88)/t45-,46?,47+,48+,49-,50-,55-,56+,57?,60-,61-,62-,63+,64+/m0/s1. The molecule has 0 radical (unpaired) electrons. The number of imide groups is 1. The number of amides is 9. The summed E-state index contributed by atoms with van der Waals surface area (Å²) in [6, 6.07) is 9.45. The summed E-state index contributed by atoms with van der Waals surface area (Å²) < 4.78 is 24.0. The predicted octanol–water partition coefficient (Wildman–Crippen LogP) is 8.71. The van der Waals surface area contributed by atoms with Gasteiger partial charge in [-0.15, -0.1) is 11.8 Å². The first-order chi connectivity index (χ1) is 45.2. The van der Waals surface area contributed by atoms with E-state index in [9.17, 15) is 48.3 Å². The molecule has 0 bridgehead atoms. The molecule has 9 amide bonds. The van der Waals surface area contributed by atoms with Gasteiger partial charge in [-0.3, -0.25) is 53.1 Å². The van der Waals surface area contributed by atoms with E-state index in [-0.39, 0.29) is 78.2 Å². The zero-order valence-corrected chi connectivity index (χ0v) is 61.7. The minimum Gasteiger partial charge on any atom is -0.445 e. The average molecular weight is 1360 g/mol. The van der Waals surface area contributed by atoms with Crippen LogP contribution in [0.25, 0.3) is 0 Å². The molecule has 24 heteroatoms. The van der Waals surface area contributed by atoms with Gasteiger partial charge in [-0.25, -0.2) is 4.79 Å². The highest BCUT2D eigenvalue weighted by Gasteiger charge is 2.44. The Morgan fingerprint density at radius 2 is 1.38 bits per heavy atom. The molecule has 96 heavy (non-hydrogen) atoms. The number of hydrogen-bond donors (Lipinski definition) is 6. The summed E-state index contributed by atoms with van der Waals surface area (Å²) in [6.07, 6.45) is 4.29. The number of rotatable bonds is 40. The summed E-state index contributed by atoms with van der Waals surface area (Å²) in [5.41, 5.74) is 2.94. The van der Waals surface area contributed by atoms with Crippen molar-refractivity contribution in [1.82, 2.24) is 40.9 Å². The molecule has 2 fully saturated rings. The zero-order valence-electron chi connectivity index (χ0n) is 60.9. The van der Waals surface area contributed by atoms with E-state index in [1.54, 1.807) is 64.3 Å². The van der Waals surface area contributed by atoms with E-state index in [1.165, 1.54) is 43.1 Å². The molecule has 540 valence electrons. The molecule has 2 heterocycles. The molecule has 4 rings (SSSR count). The number of carbonyl (C=O) groups is 9. The average Bonchev–Trinajstić information content (AvgIpc) is 1.32. The van der Waals surface area contributed by atoms with Crippen LogP contribution in [0.2, 0.25) is 0 Å². The number of aliphatic hydroxyl groups is 1. The van der Waals surface area contributed by atoms with Crippen LogP contribution in [0, 0.1) is 23.7 Å². The Bertz CT molecular complexity index is 2840. The van der Waals surface area contributed by atoms with Crippen molar-refractivity contribution in [3.05, 3.63) is 65.2 Å². The first kappa shape index (κ1) is 82.2. The second-order valence-corrected chi connectivity index (χ2v) is 29.7. The van der Waals surface area contributed by atoms with Gasteiger partial charge in [0, 0.05) is 70.7 Å². The number of nitrogens with zero attached hydrogens (tertiary/aromatic N) is 4. The van der Waals surface area contributed by atoms with Crippen LogP contribution < -0.4 is 26.6 Å². The topological polar surface area (TPSA) is 284 Å². The van der Waals surface area contributed by atoms with Crippen LogP contribution in [-0.2, 0) is 63.9 Å². The maximum absolute atomic E-state index is 14.7. The highest BCUT2D eigenvalue weighted by Crippen LogP contribution is 2.38. The molecular formula is C72H117N9O14S. The number of hydrogen-bond acceptors (Lipinski definition) is 16. The van der Waals surface area contributed by atoms with Crippen molar-refractivity contribution in [1.29, 1.82) is 0 Å². The van der Waals surface area contributed by atoms with Gasteiger partial charge in [0.15, 0.2) is 0 Å². The quantitative estimate of drug-likeness (QED) is 0.0269. The van der Waals surface area contributed by atoms with Crippen LogP contribution in [0.3, 0.4) is 0 Å². The Kier molecular flexibility index (Phi) is 33.8. The number of benzene rings is 2. The minimum atomic E-state index is -1.03. The van der Waals surface area contributed by atoms with Gasteiger partial charge in [0.1, 0.15) is 30.8 Å². The van der Waals surface area contributed by atoms with Crippen molar-refractivity contribution < 1.29 is 67.2 Å². The molecule has 0 aliphatic carbocycles. The van der Waals surface area contributed by atoms with E-state index in [0.29, 0.717) is 36.9 Å². The van der Waals surface area contributed by atoms with E-state index in [4.69, 9.17) is 18.9 Å². The first-order valence-corrected chi connectivity index (χ1v) is 35.6. The van der Waals surface area contributed by atoms with Crippen molar-refractivity contribution in [2.24, 2.45) is 23.7 Å². The summed E-state index contributed by atoms with van der Waals surface area (Å²) in [6.45, 7) is 29.7. The van der Waals surface area contributed by atoms with E-state index in [2.05, 4.69) is 78.2 Å². The first-order valence-electron chi connectivity index (χ1n) is 34.7. The summed E-state index contributed by atoms with van der Waals surface area (Å²) >= 11 is 1.48. The molecule has 6 N–H and O–H groups in total. The Balaban J connectivity index is 1.27. The van der Waals surface area contributed by atoms with Gasteiger partial charge < -0.3 is 55.5 Å². The summed E-state index contributed by atoms with van der Waals surface area (Å²) in [7, 11) is 6.44. The van der Waals surface area contributed by atoms with E-state index in [0.717, 1.165) is 62.0 Å². The lowest BCUT2D eigenvalue weighted by Gasteiger charge is -2.40. The van der Waals surface area contributed by atoms with Crippen LogP contribution in [0.15, 0.2) is 48.5 Å². The van der Waals surface area contributed by atoms with Crippen molar-refractivity contribution in [2.45, 2.75) is 251 Å². The molecule has 14 atom stereocenters. The number of ether oxygens (including phenoxy) is 4. The molecule has 23 nitrogen and oxygen atoms in total. The largest absolute Gasteiger partial charge is 0.445 e. The maximum atomic E-state index is 14.7. The molecule has 2 saturated heterocycles. The van der Waals surface area contributed by atoms with Crippen LogP contribution in [0.5, 0.6) is 0 Å². The summed E-state index contributed by atoms with van der Waals surface area (Å²) in [4.78, 5) is 127. The number of likely N-dealkylation sites (tertiary alicyclic amines) is 2. The SMILES string of the molecule is CCCC(C)c1ccc([C@H](O)[C@@H](C)NC(=O)[C@H](C)[C@@H](OC)[C@@H]2CCCN2COCC[C@@H](OC)[C@H]([C@@H](C)CC)N(C)C(=O)[C@@H](NC(=O)[C@H](C(C)C)N(C)C(=O)OCc2ccc(NC(=O)[C@H](C)NC(=O)[C@H](C)NC(=O)CCN3C(=O)CC(SC(C)(C)CCC)C3=O)cc2)C(C)C)cc1. The Morgan fingerprint density at radius 3 is 1.96 bits per heavy atom. The fraction of sp³-hybridized carbons (Fsp3) is 0.708. The number of likely N-dealkylation sites (N-methyl/N-ethyl adjacent to an activating group) is 2. The smallest absolute Gasteiger partial charge is 0.410 e. The fourth-order valence-electron chi connectivity index (χ4n) is 13.0. The van der Waals surface area contributed by atoms with Crippen LogP contribution in [0.4, 0.5) is 10.5 Å². The normalized spacial score (nSPS) is 19.0. The number of nitrogens with one attached hydrogen (secondary N) is 5. The van der Waals surface area contributed by atoms with E-state index >= 15 is 0 Å². The molecule has 2 aliphatic rings. The van der Waals surface area contributed by atoms with Crippen molar-refractivity contribution >= 4 is 70.8 Å². The third kappa shape index (κ3) is 23.8. The zero-order chi connectivity index (χ0) is 71.9. The van der Waals surface area contributed by atoms with Gasteiger partial charge in [-0.1, -0.05) is 139 Å². The van der Waals surface area contributed by atoms with Gasteiger partial charge in [0.05, 0.1) is 54.9 Å². The second-order valence-electron chi connectivity index (χ2n) is 27.8. The van der Waals surface area contributed by atoms with Gasteiger partial charge in [0.2, 0.25) is 47.3 Å². The Hall–Kier alpha value is -6.18. The van der Waals surface area contributed by atoms with Crippen molar-refractivity contribution in [3.8, 4) is 0 Å². The van der Waals surface area contributed by atoms with Crippen molar-refractivity contribution in [2.75, 3.05) is 60.1 Å². The van der Waals surface area contributed by atoms with Crippen LogP contribution in [0.1, 0.15) is 197 Å². The minimum absolute atomic E-state index is 0.0144. The number of anilines is 1. The number of aliphatic hydroxyl groups excluding tert-OH is 1. The highest BCUT2D eigenvalue weighted by atomic mass is 32.2. The molecule has 2 aromatic rings. The van der Waals surface area contributed by atoms with Crippen molar-refractivity contribution in [3.63, 3.8) is 0 Å². The lowest BCUT2D eigenvalue weighted by molar-refractivity contribution is -0.144. The Morgan fingerprint density at radius 1 is 0.740 bits per heavy atom. The van der Waals surface area contributed by atoms with Crippen LogP contribution >= 0.6 is 11.8 Å². The second kappa shape index (κ2) is 39.4. The predicted molar refractivity (Wildman–Crippen MR) is 374 cm³/mol. The third-order valence-electron chi connectivity index (χ3n) is 18.9. The lowest BCUT2D eigenvalue weighted by Crippen LogP contribution is -2.60. The number of thioether (sulfide) groups is 1. The van der Waals surface area contributed by atoms with Gasteiger partial charge in [-0.2, -0.15) is 0 Å². The van der Waals surface area contributed by atoms with E-state index < -0.39 is 95.5 Å². The van der Waals surface area contributed by atoms with Gasteiger partial charge in [-0.05, 0) is 105 Å². The molecule has 2 aromatic carbocycles. The molecule has 0 aromatic heterocycles. The molecular weight excluding hydrogens is 1250 g/mol. The van der Waals surface area contributed by atoms with E-state index in [1.807, 2.05) is 53.7 Å². The van der Waals surface area contributed by atoms with Gasteiger partial charge >= 0.3 is 6.09 Å². The lowest BCUT2D eigenvalue weighted by atomic mass is 9.90. The third-order valence-corrected chi connectivity index (χ3v) is 20.4. The molecule has 2 aliphatic heterocycles. The molecule has 0 spiro atoms.